The Balaban J connectivity index is 2.43. The Bertz CT molecular complexity index is 207. The van der Waals surface area contributed by atoms with Crippen molar-refractivity contribution in [3.8, 4) is 0 Å². The smallest absolute Gasteiger partial charge is 0.157 e. The molecule has 0 radical (unpaired) electrons. The van der Waals surface area contributed by atoms with Crippen LogP contribution >= 0.6 is 0 Å². The van der Waals surface area contributed by atoms with E-state index in [1.165, 1.54) is 18.4 Å². The largest absolute Gasteiger partial charge is 0.353 e. The summed E-state index contributed by atoms with van der Waals surface area (Å²) in [7, 11) is 0. The molecule has 0 aromatic heterocycles. The number of hydrogen-bond donors (Lipinski definition) is 0. The normalized spacial score (nSPS) is 25.1. The molecule has 2 nitrogen and oxygen atoms in total. The molecule has 2 heteroatoms. The monoisotopic (exact) mass is 226 g/mol. The van der Waals surface area contributed by atoms with E-state index in [1.807, 2.05) is 0 Å². The average molecular weight is 226 g/mol. The van der Waals surface area contributed by atoms with Gasteiger partial charge in [0.1, 0.15) is 0 Å². The highest BCUT2D eigenvalue weighted by atomic mass is 16.7. The summed E-state index contributed by atoms with van der Waals surface area (Å²) in [4.78, 5) is 0. The summed E-state index contributed by atoms with van der Waals surface area (Å²) >= 11 is 0. The molecule has 0 aliphatic carbocycles. The quantitative estimate of drug-likeness (QED) is 0.639. The molecule has 16 heavy (non-hydrogen) atoms. The molecule has 1 heterocycles. The van der Waals surface area contributed by atoms with E-state index in [9.17, 15) is 0 Å². The molecule has 3 atom stereocenters. The zero-order chi connectivity index (χ0) is 12.0. The maximum Gasteiger partial charge on any atom is 0.157 e. The highest BCUT2D eigenvalue weighted by Crippen LogP contribution is 2.25. The van der Waals surface area contributed by atoms with E-state index in [0.717, 1.165) is 25.9 Å². The second-order valence-electron chi connectivity index (χ2n) is 4.68. The van der Waals surface area contributed by atoms with Gasteiger partial charge in [-0.2, -0.15) is 0 Å². The van der Waals surface area contributed by atoms with Gasteiger partial charge >= 0.3 is 0 Å². The van der Waals surface area contributed by atoms with Crippen LogP contribution in [0.1, 0.15) is 52.9 Å². The van der Waals surface area contributed by atoms with Crippen LogP contribution in [0.15, 0.2) is 12.2 Å². The molecule has 94 valence electrons. The predicted octanol–water partition coefficient (Wildman–Crippen LogP) is 3.91. The molecular weight excluding hydrogens is 200 g/mol. The van der Waals surface area contributed by atoms with Crippen molar-refractivity contribution in [3.05, 3.63) is 12.2 Å². The molecule has 0 amide bonds. The first-order valence-electron chi connectivity index (χ1n) is 6.63. The van der Waals surface area contributed by atoms with Crippen molar-refractivity contribution in [3.63, 3.8) is 0 Å². The van der Waals surface area contributed by atoms with E-state index in [4.69, 9.17) is 9.47 Å². The molecule has 3 unspecified atom stereocenters. The van der Waals surface area contributed by atoms with Crippen LogP contribution in [0.5, 0.6) is 0 Å². The van der Waals surface area contributed by atoms with E-state index in [0.29, 0.717) is 5.92 Å². The summed E-state index contributed by atoms with van der Waals surface area (Å²) in [6.07, 6.45) is 5.79. The third kappa shape index (κ3) is 3.91. The van der Waals surface area contributed by atoms with Gasteiger partial charge in [-0.1, -0.05) is 32.9 Å². The summed E-state index contributed by atoms with van der Waals surface area (Å²) in [6.45, 7) is 11.5. The molecular formula is C14H26O2. The van der Waals surface area contributed by atoms with Gasteiger partial charge in [0.25, 0.3) is 0 Å². The fraction of sp³-hybridized carbons (Fsp3) is 0.857. The Kier molecular flexibility index (Phi) is 6.07. The number of rotatable bonds is 6. The minimum Gasteiger partial charge on any atom is -0.353 e. The van der Waals surface area contributed by atoms with Crippen molar-refractivity contribution in [1.29, 1.82) is 0 Å². The first-order chi connectivity index (χ1) is 7.69. The van der Waals surface area contributed by atoms with Gasteiger partial charge in [-0.3, -0.25) is 0 Å². The highest BCUT2D eigenvalue weighted by Gasteiger charge is 2.23. The van der Waals surface area contributed by atoms with Gasteiger partial charge in [-0.05, 0) is 32.1 Å². The minimum absolute atomic E-state index is 0.0193. The Hall–Kier alpha value is -0.340. The van der Waals surface area contributed by atoms with E-state index in [-0.39, 0.29) is 12.4 Å². The first kappa shape index (κ1) is 13.7. The first-order valence-corrected chi connectivity index (χ1v) is 6.63. The lowest BCUT2D eigenvalue weighted by molar-refractivity contribution is -0.195. The maximum absolute atomic E-state index is 6.04. The van der Waals surface area contributed by atoms with Crippen molar-refractivity contribution >= 4 is 0 Å². The Morgan fingerprint density at radius 3 is 2.69 bits per heavy atom. The summed E-state index contributed by atoms with van der Waals surface area (Å²) in [6, 6.07) is 0. The van der Waals surface area contributed by atoms with E-state index < -0.39 is 0 Å². The van der Waals surface area contributed by atoms with E-state index in [2.05, 4.69) is 27.4 Å². The van der Waals surface area contributed by atoms with Crippen molar-refractivity contribution in [2.45, 2.75) is 65.3 Å². The molecule has 1 aliphatic rings. The van der Waals surface area contributed by atoms with E-state index in [1.54, 1.807) is 0 Å². The van der Waals surface area contributed by atoms with Crippen LogP contribution in [0.4, 0.5) is 0 Å². The average Bonchev–Trinajstić information content (AvgIpc) is 2.35. The molecule has 0 N–H and O–H groups in total. The number of hydrogen-bond acceptors (Lipinski definition) is 2. The molecule has 1 saturated heterocycles. The maximum atomic E-state index is 6.04. The van der Waals surface area contributed by atoms with Gasteiger partial charge in [0.2, 0.25) is 0 Å². The summed E-state index contributed by atoms with van der Waals surface area (Å²) in [5.74, 6) is 0.431. The van der Waals surface area contributed by atoms with Crippen LogP contribution in [0.2, 0.25) is 0 Å². The lowest BCUT2D eigenvalue weighted by Gasteiger charge is -2.31. The summed E-state index contributed by atoms with van der Waals surface area (Å²) < 4.78 is 11.7. The van der Waals surface area contributed by atoms with Gasteiger partial charge in [-0.15, -0.1) is 0 Å². The molecule has 0 aromatic rings. The van der Waals surface area contributed by atoms with Crippen molar-refractivity contribution < 1.29 is 9.47 Å². The summed E-state index contributed by atoms with van der Waals surface area (Å²) in [5, 5.41) is 0. The van der Waals surface area contributed by atoms with Crippen LogP contribution < -0.4 is 0 Å². The van der Waals surface area contributed by atoms with Gasteiger partial charge in [-0.25, -0.2) is 0 Å². The van der Waals surface area contributed by atoms with Crippen LogP contribution in [-0.2, 0) is 9.47 Å². The van der Waals surface area contributed by atoms with Gasteiger partial charge < -0.3 is 9.47 Å². The van der Waals surface area contributed by atoms with Crippen LogP contribution in [0.25, 0.3) is 0 Å². The fourth-order valence-electron chi connectivity index (χ4n) is 2.17. The molecule has 0 aromatic carbocycles. The molecule has 0 spiro atoms. The SMILES string of the molecule is C=C(CC)C(C)C(CC)OC1CCCCO1. The molecule has 1 rings (SSSR count). The van der Waals surface area contributed by atoms with Crippen molar-refractivity contribution in [2.24, 2.45) is 5.92 Å². The predicted molar refractivity (Wildman–Crippen MR) is 67.4 cm³/mol. The van der Waals surface area contributed by atoms with Gasteiger partial charge in [0.05, 0.1) is 6.10 Å². The highest BCUT2D eigenvalue weighted by molar-refractivity contribution is 5.00. The van der Waals surface area contributed by atoms with Crippen molar-refractivity contribution in [1.82, 2.24) is 0 Å². The Morgan fingerprint density at radius 2 is 2.19 bits per heavy atom. The van der Waals surface area contributed by atoms with Crippen LogP contribution in [0, 0.1) is 5.92 Å². The minimum atomic E-state index is 0.0193. The lowest BCUT2D eigenvalue weighted by Crippen LogP contribution is -2.31. The number of ether oxygens (including phenoxy) is 2. The zero-order valence-electron chi connectivity index (χ0n) is 11.0. The molecule has 0 bridgehead atoms. The van der Waals surface area contributed by atoms with Gasteiger partial charge in [0.15, 0.2) is 6.29 Å². The topological polar surface area (TPSA) is 18.5 Å². The van der Waals surface area contributed by atoms with Crippen molar-refractivity contribution in [2.75, 3.05) is 6.61 Å². The molecule has 1 aliphatic heterocycles. The summed E-state index contributed by atoms with van der Waals surface area (Å²) in [5.41, 5.74) is 1.28. The lowest BCUT2D eigenvalue weighted by atomic mass is 9.93. The standard InChI is InChI=1S/C14H26O2/c1-5-11(3)12(4)13(6-2)16-14-9-7-8-10-15-14/h12-14H,3,5-10H2,1-2,4H3. The third-order valence-corrected chi connectivity index (χ3v) is 3.52. The second kappa shape index (κ2) is 7.08. The second-order valence-corrected chi connectivity index (χ2v) is 4.68. The fourth-order valence-corrected chi connectivity index (χ4v) is 2.17. The third-order valence-electron chi connectivity index (χ3n) is 3.52. The Labute approximate surface area is 100 Å². The van der Waals surface area contributed by atoms with Crippen LogP contribution in [0.3, 0.4) is 0 Å². The molecule has 0 saturated carbocycles. The van der Waals surface area contributed by atoms with Crippen LogP contribution in [-0.4, -0.2) is 19.0 Å². The molecule has 1 fully saturated rings. The zero-order valence-corrected chi connectivity index (χ0v) is 11.0. The Morgan fingerprint density at radius 1 is 1.44 bits per heavy atom. The van der Waals surface area contributed by atoms with E-state index >= 15 is 0 Å². The van der Waals surface area contributed by atoms with Gasteiger partial charge in [0, 0.05) is 12.5 Å².